The number of methoxy groups -OCH3 is 1. The zero-order valence-electron chi connectivity index (χ0n) is 15.1. The molecule has 7 nitrogen and oxygen atoms in total. The van der Waals surface area contributed by atoms with Gasteiger partial charge < -0.3 is 10.1 Å². The maximum atomic E-state index is 14.2. The third kappa shape index (κ3) is 3.47. The van der Waals surface area contributed by atoms with Gasteiger partial charge in [-0.15, -0.1) is 10.2 Å². The summed E-state index contributed by atoms with van der Waals surface area (Å²) in [5.74, 6) is 0.357. The molecule has 1 aliphatic carbocycles. The molecule has 0 aliphatic heterocycles. The lowest BCUT2D eigenvalue weighted by Gasteiger charge is -2.43. The Labute approximate surface area is 160 Å². The summed E-state index contributed by atoms with van der Waals surface area (Å²) >= 11 is 0. The number of hydrogen-bond acceptors (Lipinski definition) is 7. The van der Waals surface area contributed by atoms with Crippen molar-refractivity contribution in [3.63, 3.8) is 0 Å². The fourth-order valence-electron chi connectivity index (χ4n) is 3.37. The first kappa shape index (κ1) is 18.1. The summed E-state index contributed by atoms with van der Waals surface area (Å²) in [5.41, 5.74) is 0.882. The highest BCUT2D eigenvalue weighted by Crippen LogP contribution is 2.45. The first-order valence-corrected chi connectivity index (χ1v) is 8.79. The maximum Gasteiger partial charge on any atom is 0.233 e. The van der Waals surface area contributed by atoms with Crippen molar-refractivity contribution in [2.45, 2.75) is 24.4 Å². The fourth-order valence-corrected chi connectivity index (χ4v) is 3.37. The van der Waals surface area contributed by atoms with Crippen molar-refractivity contribution in [1.82, 2.24) is 25.1 Å². The number of nitrogens with zero attached hydrogens (tertiary/aromatic N) is 5. The van der Waals surface area contributed by atoms with Crippen LogP contribution < -0.4 is 10.1 Å². The molecular formula is C19H18F2N6O. The molecule has 0 amide bonds. The van der Waals surface area contributed by atoms with Crippen molar-refractivity contribution in [2.75, 3.05) is 19.0 Å². The molecule has 0 spiro atoms. The number of aromatic nitrogens is 5. The van der Waals surface area contributed by atoms with Gasteiger partial charge in [-0.2, -0.15) is 0 Å². The number of nitrogens with one attached hydrogen (secondary N) is 1. The highest BCUT2D eigenvalue weighted by molar-refractivity contribution is 5.57. The highest BCUT2D eigenvalue weighted by atomic mass is 19.1. The SMILES string of the molecule is COc1ccc(-c2cnc(NC[C@]3(c4ncccc4F)C[C@H](F)C3)nc2)nn1. The standard InChI is InChI=1S/C19H18F2N6O/c1-28-16-5-4-15(26-27-16)12-9-23-18(24-10-12)25-11-19(7-13(20)8-19)17-14(21)3-2-6-22-17/h2-6,9-10,13H,7-8,11H2,1H3,(H,23,24,25)/t13-,19-. The van der Waals surface area contributed by atoms with Gasteiger partial charge in [0.15, 0.2) is 0 Å². The van der Waals surface area contributed by atoms with E-state index in [1.165, 1.54) is 25.4 Å². The second-order valence-corrected chi connectivity index (χ2v) is 6.73. The van der Waals surface area contributed by atoms with E-state index in [0.717, 1.165) is 0 Å². The first-order chi connectivity index (χ1) is 13.6. The number of halogens is 2. The summed E-state index contributed by atoms with van der Waals surface area (Å²) < 4.78 is 32.8. The van der Waals surface area contributed by atoms with Crippen LogP contribution in [0.2, 0.25) is 0 Å². The highest BCUT2D eigenvalue weighted by Gasteiger charge is 2.48. The van der Waals surface area contributed by atoms with E-state index in [0.29, 0.717) is 29.6 Å². The van der Waals surface area contributed by atoms with Crippen LogP contribution in [0.5, 0.6) is 5.88 Å². The molecular weight excluding hydrogens is 366 g/mol. The molecule has 4 rings (SSSR count). The van der Waals surface area contributed by atoms with Crippen LogP contribution in [0.1, 0.15) is 18.5 Å². The third-order valence-corrected chi connectivity index (χ3v) is 4.87. The fraction of sp³-hybridized carbons (Fsp3) is 0.316. The molecule has 1 aliphatic rings. The van der Waals surface area contributed by atoms with E-state index in [1.807, 2.05) is 0 Å². The van der Waals surface area contributed by atoms with E-state index in [9.17, 15) is 8.78 Å². The van der Waals surface area contributed by atoms with Gasteiger partial charge in [0.2, 0.25) is 11.8 Å². The Kier molecular flexibility index (Phi) is 4.81. The minimum atomic E-state index is -0.958. The molecule has 1 fully saturated rings. The van der Waals surface area contributed by atoms with E-state index in [1.54, 1.807) is 24.5 Å². The van der Waals surface area contributed by atoms with Crippen LogP contribution in [0.15, 0.2) is 42.9 Å². The minimum Gasteiger partial charge on any atom is -0.480 e. The van der Waals surface area contributed by atoms with E-state index in [-0.39, 0.29) is 18.5 Å². The molecule has 28 heavy (non-hydrogen) atoms. The molecule has 0 aromatic carbocycles. The molecule has 0 bridgehead atoms. The lowest BCUT2D eigenvalue weighted by molar-refractivity contribution is 0.0963. The Bertz CT molecular complexity index is 945. The van der Waals surface area contributed by atoms with Gasteiger partial charge in [-0.25, -0.2) is 18.7 Å². The van der Waals surface area contributed by atoms with Crippen LogP contribution >= 0.6 is 0 Å². The average molecular weight is 384 g/mol. The van der Waals surface area contributed by atoms with Crippen molar-refractivity contribution < 1.29 is 13.5 Å². The van der Waals surface area contributed by atoms with Crippen molar-refractivity contribution >= 4 is 5.95 Å². The number of hydrogen-bond donors (Lipinski definition) is 1. The summed E-state index contributed by atoms with van der Waals surface area (Å²) in [5, 5.41) is 11.0. The van der Waals surface area contributed by atoms with Gasteiger partial charge in [0, 0.05) is 42.2 Å². The second kappa shape index (κ2) is 7.41. The monoisotopic (exact) mass is 384 g/mol. The van der Waals surface area contributed by atoms with Gasteiger partial charge in [-0.3, -0.25) is 4.98 Å². The van der Waals surface area contributed by atoms with Crippen molar-refractivity contribution in [3.8, 4) is 17.1 Å². The zero-order chi connectivity index (χ0) is 19.6. The van der Waals surface area contributed by atoms with Crippen molar-refractivity contribution in [3.05, 3.63) is 54.4 Å². The summed E-state index contributed by atoms with van der Waals surface area (Å²) in [6, 6.07) is 6.32. The number of pyridine rings is 1. The van der Waals surface area contributed by atoms with Crippen LogP contribution in [0.25, 0.3) is 11.3 Å². The van der Waals surface area contributed by atoms with Crippen molar-refractivity contribution in [2.24, 2.45) is 0 Å². The summed E-state index contributed by atoms with van der Waals surface area (Å²) in [4.78, 5) is 12.7. The molecule has 0 radical (unpaired) electrons. The summed E-state index contributed by atoms with van der Waals surface area (Å²) in [6.07, 6.45) is 4.21. The van der Waals surface area contributed by atoms with E-state index in [4.69, 9.17) is 4.74 Å². The van der Waals surface area contributed by atoms with Crippen LogP contribution in [-0.4, -0.2) is 45.0 Å². The predicted octanol–water partition coefficient (Wildman–Crippen LogP) is 2.96. The molecule has 3 aromatic rings. The quantitative estimate of drug-likeness (QED) is 0.699. The summed E-state index contributed by atoms with van der Waals surface area (Å²) in [6.45, 7) is 0.295. The molecule has 1 saturated carbocycles. The Morgan fingerprint density at radius 1 is 1.14 bits per heavy atom. The number of alkyl halides is 1. The molecule has 0 atom stereocenters. The Morgan fingerprint density at radius 2 is 1.93 bits per heavy atom. The lowest BCUT2D eigenvalue weighted by atomic mass is 9.65. The van der Waals surface area contributed by atoms with E-state index in [2.05, 4.69) is 30.5 Å². The van der Waals surface area contributed by atoms with Gasteiger partial charge in [-0.05, 0) is 31.0 Å². The second-order valence-electron chi connectivity index (χ2n) is 6.73. The van der Waals surface area contributed by atoms with Gasteiger partial charge in [-0.1, -0.05) is 0 Å². The minimum absolute atomic E-state index is 0.216. The van der Waals surface area contributed by atoms with Gasteiger partial charge in [0.05, 0.1) is 18.5 Å². The van der Waals surface area contributed by atoms with Gasteiger partial charge >= 0.3 is 0 Å². The Hall–Kier alpha value is -3.23. The topological polar surface area (TPSA) is 85.7 Å². The smallest absolute Gasteiger partial charge is 0.233 e. The van der Waals surface area contributed by atoms with Crippen LogP contribution in [0.4, 0.5) is 14.7 Å². The molecule has 3 heterocycles. The van der Waals surface area contributed by atoms with Gasteiger partial charge in [0.25, 0.3) is 0 Å². The maximum absolute atomic E-state index is 14.2. The number of ether oxygens (including phenoxy) is 1. The normalized spacial score (nSPS) is 21.0. The lowest BCUT2D eigenvalue weighted by Crippen LogP contribution is -2.49. The van der Waals surface area contributed by atoms with Crippen LogP contribution in [-0.2, 0) is 5.41 Å². The zero-order valence-corrected chi connectivity index (χ0v) is 15.1. The van der Waals surface area contributed by atoms with Crippen LogP contribution in [0, 0.1) is 5.82 Å². The van der Waals surface area contributed by atoms with Crippen LogP contribution in [0.3, 0.4) is 0 Å². The predicted molar refractivity (Wildman–Crippen MR) is 98.1 cm³/mol. The van der Waals surface area contributed by atoms with Crippen molar-refractivity contribution in [1.29, 1.82) is 0 Å². The van der Waals surface area contributed by atoms with E-state index >= 15 is 0 Å². The van der Waals surface area contributed by atoms with E-state index < -0.39 is 17.4 Å². The Balaban J connectivity index is 1.47. The third-order valence-electron chi connectivity index (χ3n) is 4.87. The first-order valence-electron chi connectivity index (χ1n) is 8.79. The largest absolute Gasteiger partial charge is 0.480 e. The average Bonchev–Trinajstić information content (AvgIpc) is 2.71. The Morgan fingerprint density at radius 3 is 2.54 bits per heavy atom. The number of rotatable bonds is 6. The van der Waals surface area contributed by atoms with Gasteiger partial charge in [0.1, 0.15) is 12.0 Å². The number of anilines is 1. The molecule has 144 valence electrons. The molecule has 3 aromatic heterocycles. The summed E-state index contributed by atoms with van der Waals surface area (Å²) in [7, 11) is 1.52. The molecule has 0 unspecified atom stereocenters. The molecule has 0 saturated heterocycles. The molecule has 9 heteroatoms. The molecule has 1 N–H and O–H groups in total.